The van der Waals surface area contributed by atoms with E-state index in [2.05, 4.69) is 15.4 Å². The molecule has 0 saturated heterocycles. The number of amides is 1. The van der Waals surface area contributed by atoms with Crippen LogP contribution in [0.2, 0.25) is 0 Å². The van der Waals surface area contributed by atoms with Gasteiger partial charge in [-0.25, -0.2) is 14.5 Å². The summed E-state index contributed by atoms with van der Waals surface area (Å²) >= 11 is 1.57. The average molecular weight is 418 g/mol. The maximum Gasteiger partial charge on any atom is 0.338 e. The normalized spacial score (nSPS) is 10.6. The monoisotopic (exact) mass is 418 g/mol. The number of benzene rings is 2. The molecule has 0 aliphatic carbocycles. The molecule has 0 saturated carbocycles. The van der Waals surface area contributed by atoms with Gasteiger partial charge in [-0.2, -0.15) is 5.10 Å². The van der Waals surface area contributed by atoms with E-state index in [1.807, 2.05) is 42.8 Å². The molecule has 4 rings (SSSR count). The summed E-state index contributed by atoms with van der Waals surface area (Å²) in [4.78, 5) is 28.9. The number of aryl methyl sites for hydroxylation is 1. The summed E-state index contributed by atoms with van der Waals surface area (Å²) in [5.41, 5.74) is 3.57. The minimum Gasteiger partial charge on any atom is -0.452 e. The van der Waals surface area contributed by atoms with Gasteiger partial charge in [-0.1, -0.05) is 12.1 Å². The third kappa shape index (κ3) is 4.61. The van der Waals surface area contributed by atoms with Crippen LogP contribution in [0.4, 0.5) is 5.69 Å². The van der Waals surface area contributed by atoms with Gasteiger partial charge in [-0.15, -0.1) is 11.3 Å². The van der Waals surface area contributed by atoms with Gasteiger partial charge in [0, 0.05) is 29.0 Å². The molecule has 2 heterocycles. The lowest BCUT2D eigenvalue weighted by molar-refractivity contribution is -0.119. The molecule has 7 nitrogen and oxygen atoms in total. The van der Waals surface area contributed by atoms with Crippen LogP contribution >= 0.6 is 11.3 Å². The van der Waals surface area contributed by atoms with Gasteiger partial charge in [-0.05, 0) is 49.4 Å². The molecule has 2 aromatic carbocycles. The van der Waals surface area contributed by atoms with E-state index in [-0.39, 0.29) is 6.61 Å². The molecule has 8 heteroatoms. The van der Waals surface area contributed by atoms with Gasteiger partial charge in [0.25, 0.3) is 5.91 Å². The van der Waals surface area contributed by atoms with Crippen LogP contribution in [0.3, 0.4) is 0 Å². The average Bonchev–Trinajstić information content (AvgIpc) is 3.44. The van der Waals surface area contributed by atoms with Crippen LogP contribution in [-0.4, -0.2) is 33.2 Å². The molecule has 0 spiro atoms. The molecular weight excluding hydrogens is 400 g/mol. The minimum atomic E-state index is -0.566. The van der Waals surface area contributed by atoms with Crippen molar-refractivity contribution in [2.45, 2.75) is 6.92 Å². The van der Waals surface area contributed by atoms with Gasteiger partial charge >= 0.3 is 5.97 Å². The molecule has 0 aliphatic rings. The first kappa shape index (κ1) is 19.5. The van der Waals surface area contributed by atoms with E-state index < -0.39 is 11.9 Å². The van der Waals surface area contributed by atoms with E-state index in [1.54, 1.807) is 52.5 Å². The molecule has 0 bridgehead atoms. The van der Waals surface area contributed by atoms with E-state index in [9.17, 15) is 9.59 Å². The highest BCUT2D eigenvalue weighted by molar-refractivity contribution is 7.09. The smallest absolute Gasteiger partial charge is 0.338 e. The molecule has 1 N–H and O–H groups in total. The third-order valence-electron chi connectivity index (χ3n) is 4.27. The van der Waals surface area contributed by atoms with Gasteiger partial charge in [0.15, 0.2) is 6.61 Å². The minimum absolute atomic E-state index is 0.361. The quantitative estimate of drug-likeness (QED) is 0.477. The zero-order valence-electron chi connectivity index (χ0n) is 16.1. The van der Waals surface area contributed by atoms with E-state index >= 15 is 0 Å². The molecule has 0 aliphatic heterocycles. The Morgan fingerprint density at radius 2 is 1.97 bits per heavy atom. The van der Waals surface area contributed by atoms with Gasteiger partial charge in [-0.3, -0.25) is 4.79 Å². The highest BCUT2D eigenvalue weighted by Crippen LogP contribution is 2.24. The first-order valence-corrected chi connectivity index (χ1v) is 10.1. The Morgan fingerprint density at radius 3 is 2.67 bits per heavy atom. The van der Waals surface area contributed by atoms with Crippen LogP contribution in [0.25, 0.3) is 16.9 Å². The lowest BCUT2D eigenvalue weighted by Gasteiger charge is -2.08. The maximum absolute atomic E-state index is 12.2. The highest BCUT2D eigenvalue weighted by Gasteiger charge is 2.11. The number of aromatic nitrogens is 3. The van der Waals surface area contributed by atoms with E-state index in [0.29, 0.717) is 11.3 Å². The third-order valence-corrected chi connectivity index (χ3v) is 5.04. The number of thiazole rings is 1. The molecule has 0 fully saturated rings. The van der Waals surface area contributed by atoms with Gasteiger partial charge < -0.3 is 10.1 Å². The Morgan fingerprint density at radius 1 is 1.13 bits per heavy atom. The summed E-state index contributed by atoms with van der Waals surface area (Å²) in [7, 11) is 0. The highest BCUT2D eigenvalue weighted by atomic mass is 32.1. The number of hydrogen-bond acceptors (Lipinski definition) is 6. The number of esters is 1. The Balaban J connectivity index is 1.33. The van der Waals surface area contributed by atoms with Crippen LogP contribution < -0.4 is 5.32 Å². The number of rotatable bonds is 6. The summed E-state index contributed by atoms with van der Waals surface area (Å²) < 4.78 is 6.81. The molecule has 4 aromatic rings. The number of nitrogens with zero attached hydrogens (tertiary/aromatic N) is 3. The standard InChI is InChI=1S/C22H18N4O3S/c1-15-24-20(14-30-15)17-4-2-5-18(12-17)25-21(27)13-29-22(28)16-6-8-19(9-7-16)26-11-3-10-23-26/h2-12,14H,13H2,1H3,(H,25,27). The Labute approximate surface area is 177 Å². The topological polar surface area (TPSA) is 86.1 Å². The van der Waals surface area contributed by atoms with Crippen molar-refractivity contribution >= 4 is 28.9 Å². The molecule has 150 valence electrons. The lowest BCUT2D eigenvalue weighted by atomic mass is 10.1. The molecular formula is C22H18N4O3S. The fourth-order valence-corrected chi connectivity index (χ4v) is 3.46. The summed E-state index contributed by atoms with van der Waals surface area (Å²) in [5, 5.41) is 9.82. The first-order valence-electron chi connectivity index (χ1n) is 9.18. The van der Waals surface area contributed by atoms with Crippen LogP contribution in [0, 0.1) is 6.92 Å². The Kier molecular flexibility index (Phi) is 5.67. The van der Waals surface area contributed by atoms with E-state index in [0.717, 1.165) is 22.0 Å². The number of anilines is 1. The SMILES string of the molecule is Cc1nc(-c2cccc(NC(=O)COC(=O)c3ccc(-n4cccn4)cc3)c2)cs1. The van der Waals surface area contributed by atoms with Crippen molar-refractivity contribution < 1.29 is 14.3 Å². The van der Waals surface area contributed by atoms with Crippen LogP contribution in [0.15, 0.2) is 72.4 Å². The Hall–Kier alpha value is -3.78. The van der Waals surface area contributed by atoms with Crippen molar-refractivity contribution in [1.29, 1.82) is 0 Å². The zero-order valence-corrected chi connectivity index (χ0v) is 16.9. The van der Waals surface area contributed by atoms with Crippen molar-refractivity contribution in [3.05, 3.63) is 82.9 Å². The lowest BCUT2D eigenvalue weighted by Crippen LogP contribution is -2.21. The summed E-state index contributed by atoms with van der Waals surface area (Å²) in [6, 6.07) is 16.0. The molecule has 30 heavy (non-hydrogen) atoms. The Bertz CT molecular complexity index is 1170. The number of hydrogen-bond donors (Lipinski definition) is 1. The predicted octanol–water partition coefficient (Wildman–Crippen LogP) is 4.10. The fourth-order valence-electron chi connectivity index (χ4n) is 2.84. The zero-order chi connectivity index (χ0) is 20.9. The van der Waals surface area contributed by atoms with Crippen molar-refractivity contribution in [3.8, 4) is 16.9 Å². The van der Waals surface area contributed by atoms with Gasteiger partial charge in [0.05, 0.1) is 22.0 Å². The predicted molar refractivity (Wildman–Crippen MR) is 115 cm³/mol. The molecule has 0 atom stereocenters. The summed E-state index contributed by atoms with van der Waals surface area (Å²) in [6.45, 7) is 1.57. The largest absolute Gasteiger partial charge is 0.452 e. The second-order valence-electron chi connectivity index (χ2n) is 6.45. The molecule has 1 amide bonds. The van der Waals surface area contributed by atoms with Crippen molar-refractivity contribution in [3.63, 3.8) is 0 Å². The van der Waals surface area contributed by atoms with Crippen molar-refractivity contribution in [1.82, 2.24) is 14.8 Å². The molecule has 0 radical (unpaired) electrons. The van der Waals surface area contributed by atoms with Crippen molar-refractivity contribution in [2.75, 3.05) is 11.9 Å². The van der Waals surface area contributed by atoms with Gasteiger partial charge in [0.2, 0.25) is 0 Å². The number of ether oxygens (including phenoxy) is 1. The van der Waals surface area contributed by atoms with Gasteiger partial charge in [0.1, 0.15) is 0 Å². The second kappa shape index (κ2) is 8.71. The number of nitrogens with one attached hydrogen (secondary N) is 1. The molecule has 2 aromatic heterocycles. The summed E-state index contributed by atoms with van der Waals surface area (Å²) in [5.74, 6) is -0.980. The van der Waals surface area contributed by atoms with E-state index in [1.165, 1.54) is 0 Å². The second-order valence-corrected chi connectivity index (χ2v) is 7.52. The van der Waals surface area contributed by atoms with Crippen LogP contribution in [0.1, 0.15) is 15.4 Å². The maximum atomic E-state index is 12.2. The summed E-state index contributed by atoms with van der Waals surface area (Å²) in [6.07, 6.45) is 3.48. The van der Waals surface area contributed by atoms with Crippen molar-refractivity contribution in [2.24, 2.45) is 0 Å². The van der Waals surface area contributed by atoms with Crippen LogP contribution in [-0.2, 0) is 9.53 Å². The first-order chi connectivity index (χ1) is 14.6. The number of carbonyl (C=O) groups is 2. The van der Waals surface area contributed by atoms with Crippen LogP contribution in [0.5, 0.6) is 0 Å². The fraction of sp³-hybridized carbons (Fsp3) is 0.0909. The molecule has 0 unspecified atom stereocenters. The number of carbonyl (C=O) groups excluding carboxylic acids is 2. The van der Waals surface area contributed by atoms with E-state index in [4.69, 9.17) is 4.74 Å².